The number of hydrogen-bond donors (Lipinski definition) is 1. The monoisotopic (exact) mass is 330 g/mol. The zero-order valence-electron chi connectivity index (χ0n) is 11.1. The first kappa shape index (κ1) is 14.8. The van der Waals surface area contributed by atoms with E-state index in [1.165, 1.54) is 12.4 Å². The van der Waals surface area contributed by atoms with Crippen LogP contribution in [0.1, 0.15) is 5.76 Å². The number of halogens is 3. The van der Waals surface area contributed by atoms with Crippen LogP contribution in [0.25, 0.3) is 11.4 Å². The smallest absolute Gasteiger partial charge is 0.309 e. The highest BCUT2D eigenvalue weighted by atomic mass is 35.5. The zero-order valence-corrected chi connectivity index (χ0v) is 11.9. The minimum absolute atomic E-state index is 0.0246. The Morgan fingerprint density at radius 1 is 1.41 bits per heavy atom. The first-order chi connectivity index (χ1) is 10.3. The number of carbonyl (C=O) groups excluding carboxylic acids is 1. The summed E-state index contributed by atoms with van der Waals surface area (Å²) >= 11 is 5.68. The van der Waals surface area contributed by atoms with Gasteiger partial charge in [-0.2, -0.15) is 0 Å². The maximum absolute atomic E-state index is 14.0. The number of carbonyl (C=O) groups is 1. The molecule has 1 amide bonds. The average molecular weight is 331 g/mol. The minimum Gasteiger partial charge on any atom is -0.368 e. The first-order valence-corrected chi connectivity index (χ1v) is 6.44. The van der Waals surface area contributed by atoms with E-state index in [2.05, 4.69) is 15.1 Å². The van der Waals surface area contributed by atoms with E-state index in [0.717, 1.165) is 18.0 Å². The third-order valence-electron chi connectivity index (χ3n) is 3.36. The minimum atomic E-state index is -3.71. The molecule has 1 N–H and O–H groups in total. The van der Waals surface area contributed by atoms with Crippen LogP contribution in [0.3, 0.4) is 0 Å². The van der Waals surface area contributed by atoms with Crippen molar-refractivity contribution in [1.29, 1.82) is 0 Å². The Hall–Kier alpha value is -2.13. The maximum atomic E-state index is 14.0. The predicted molar refractivity (Wildman–Crippen MR) is 69.0 cm³/mol. The van der Waals surface area contributed by atoms with Crippen molar-refractivity contribution in [2.24, 2.45) is 0 Å². The van der Waals surface area contributed by atoms with Crippen molar-refractivity contribution in [3.63, 3.8) is 0 Å². The number of amides is 1. The lowest BCUT2D eigenvalue weighted by Gasteiger charge is -2.22. The van der Waals surface area contributed by atoms with Crippen molar-refractivity contribution in [3.05, 3.63) is 29.4 Å². The van der Waals surface area contributed by atoms with Crippen molar-refractivity contribution < 1.29 is 23.2 Å². The molecule has 1 fully saturated rings. The number of aromatic nitrogens is 3. The standard InChI is InChI=1S/C12H9ClF2N4O3/c1-19-5-11(14,15)12(21,10(19)20)8-2-6(18-22-8)7-3-16-4-9(13)17-7/h2-4,21H,5H2,1H3. The van der Waals surface area contributed by atoms with E-state index < -0.39 is 29.7 Å². The Morgan fingerprint density at radius 3 is 2.73 bits per heavy atom. The summed E-state index contributed by atoms with van der Waals surface area (Å²) in [6.45, 7) is -0.921. The van der Waals surface area contributed by atoms with Gasteiger partial charge in [-0.15, -0.1) is 0 Å². The Morgan fingerprint density at radius 2 is 2.14 bits per heavy atom. The van der Waals surface area contributed by atoms with Gasteiger partial charge in [-0.3, -0.25) is 9.78 Å². The van der Waals surface area contributed by atoms with Crippen LogP contribution >= 0.6 is 11.6 Å². The molecule has 1 unspecified atom stereocenters. The molecule has 22 heavy (non-hydrogen) atoms. The summed E-state index contributed by atoms with van der Waals surface area (Å²) in [4.78, 5) is 20.3. The number of likely N-dealkylation sites (N-methyl/N-ethyl adjacent to an activating group) is 1. The molecule has 116 valence electrons. The van der Waals surface area contributed by atoms with Crippen molar-refractivity contribution in [3.8, 4) is 11.4 Å². The van der Waals surface area contributed by atoms with Crippen LogP contribution in [-0.2, 0) is 10.4 Å². The number of aliphatic hydroxyl groups is 1. The molecule has 7 nitrogen and oxygen atoms in total. The van der Waals surface area contributed by atoms with E-state index in [4.69, 9.17) is 16.1 Å². The van der Waals surface area contributed by atoms with Gasteiger partial charge < -0.3 is 14.5 Å². The Labute approximate surface area is 127 Å². The molecule has 3 heterocycles. The summed E-state index contributed by atoms with van der Waals surface area (Å²) in [5.41, 5.74) is -2.91. The van der Waals surface area contributed by atoms with Crippen molar-refractivity contribution in [2.75, 3.05) is 13.6 Å². The van der Waals surface area contributed by atoms with Gasteiger partial charge in [0.2, 0.25) is 0 Å². The van der Waals surface area contributed by atoms with Gasteiger partial charge >= 0.3 is 5.92 Å². The van der Waals surface area contributed by atoms with E-state index in [1.807, 2.05) is 0 Å². The van der Waals surface area contributed by atoms with E-state index in [-0.39, 0.29) is 16.5 Å². The molecular formula is C12H9ClF2N4O3. The van der Waals surface area contributed by atoms with E-state index in [0.29, 0.717) is 0 Å². The molecule has 2 aromatic heterocycles. The summed E-state index contributed by atoms with van der Waals surface area (Å²) in [7, 11) is 1.16. The van der Waals surface area contributed by atoms with E-state index >= 15 is 0 Å². The second-order valence-corrected chi connectivity index (χ2v) is 5.27. The molecule has 1 aliphatic rings. The SMILES string of the molecule is CN1CC(F)(F)C(O)(c2cc(-c3cncc(Cl)n3)no2)C1=O. The fourth-order valence-corrected chi connectivity index (χ4v) is 2.38. The van der Waals surface area contributed by atoms with E-state index in [9.17, 15) is 18.7 Å². The van der Waals surface area contributed by atoms with Crippen LogP contribution in [-0.4, -0.2) is 50.6 Å². The van der Waals surface area contributed by atoms with Crippen LogP contribution in [0.5, 0.6) is 0 Å². The largest absolute Gasteiger partial charge is 0.368 e. The molecule has 1 aliphatic heterocycles. The van der Waals surface area contributed by atoms with Gasteiger partial charge in [-0.1, -0.05) is 16.8 Å². The zero-order chi connectivity index (χ0) is 16.1. The predicted octanol–water partition coefficient (Wildman–Crippen LogP) is 1.08. The van der Waals surface area contributed by atoms with Crippen molar-refractivity contribution in [1.82, 2.24) is 20.0 Å². The number of likely N-dealkylation sites (tertiary alicyclic amines) is 1. The van der Waals surface area contributed by atoms with E-state index in [1.54, 1.807) is 0 Å². The quantitative estimate of drug-likeness (QED) is 0.885. The normalized spacial score (nSPS) is 24.0. The van der Waals surface area contributed by atoms with Gasteiger partial charge in [0.1, 0.15) is 16.5 Å². The lowest BCUT2D eigenvalue weighted by Crippen LogP contribution is -2.46. The fourth-order valence-electron chi connectivity index (χ4n) is 2.23. The van der Waals surface area contributed by atoms with Crippen LogP contribution < -0.4 is 0 Å². The number of nitrogens with zero attached hydrogens (tertiary/aromatic N) is 4. The average Bonchev–Trinajstić information content (AvgIpc) is 2.99. The Kier molecular flexibility index (Phi) is 3.15. The molecule has 0 spiro atoms. The molecule has 1 atom stereocenters. The highest BCUT2D eigenvalue weighted by molar-refractivity contribution is 6.29. The van der Waals surface area contributed by atoms with Gasteiger partial charge in [0.05, 0.1) is 18.9 Å². The molecule has 3 rings (SSSR count). The van der Waals surface area contributed by atoms with Gasteiger partial charge in [0.15, 0.2) is 5.76 Å². The lowest BCUT2D eigenvalue weighted by atomic mass is 9.95. The highest BCUT2D eigenvalue weighted by Crippen LogP contribution is 2.45. The molecule has 0 bridgehead atoms. The first-order valence-electron chi connectivity index (χ1n) is 6.06. The maximum Gasteiger partial charge on any atom is 0.309 e. The van der Waals surface area contributed by atoms with Crippen LogP contribution in [0.15, 0.2) is 23.0 Å². The van der Waals surface area contributed by atoms with Gasteiger partial charge in [0, 0.05) is 13.1 Å². The number of rotatable bonds is 2. The summed E-state index contributed by atoms with van der Waals surface area (Å²) in [6, 6.07) is 1.02. The summed E-state index contributed by atoms with van der Waals surface area (Å²) in [5, 5.41) is 13.8. The second kappa shape index (κ2) is 4.68. The molecular weight excluding hydrogens is 322 g/mol. The lowest BCUT2D eigenvalue weighted by molar-refractivity contribution is -0.179. The summed E-state index contributed by atoms with van der Waals surface area (Å²) in [5.74, 6) is -5.55. The summed E-state index contributed by atoms with van der Waals surface area (Å²) in [6.07, 6.45) is 2.57. The van der Waals surface area contributed by atoms with Crippen LogP contribution in [0.4, 0.5) is 8.78 Å². The Bertz CT molecular complexity index is 753. The van der Waals surface area contributed by atoms with Crippen molar-refractivity contribution in [2.45, 2.75) is 11.5 Å². The molecule has 0 aliphatic carbocycles. The highest BCUT2D eigenvalue weighted by Gasteiger charge is 2.68. The fraction of sp³-hybridized carbons (Fsp3) is 0.333. The topological polar surface area (TPSA) is 92.3 Å². The molecule has 2 aromatic rings. The molecule has 0 aromatic carbocycles. The van der Waals surface area contributed by atoms with Gasteiger partial charge in [-0.05, 0) is 0 Å². The molecule has 0 saturated carbocycles. The second-order valence-electron chi connectivity index (χ2n) is 4.88. The van der Waals surface area contributed by atoms with Crippen LogP contribution in [0, 0.1) is 0 Å². The molecule has 10 heteroatoms. The molecule has 1 saturated heterocycles. The van der Waals surface area contributed by atoms with Gasteiger partial charge in [0.25, 0.3) is 11.5 Å². The third-order valence-corrected chi connectivity index (χ3v) is 3.54. The Balaban J connectivity index is 2.05. The third kappa shape index (κ3) is 1.97. The number of hydrogen-bond acceptors (Lipinski definition) is 6. The number of alkyl halides is 2. The molecule has 0 radical (unpaired) electrons. The van der Waals surface area contributed by atoms with Crippen molar-refractivity contribution >= 4 is 17.5 Å². The summed E-state index contributed by atoms with van der Waals surface area (Å²) < 4.78 is 32.8. The van der Waals surface area contributed by atoms with Crippen LogP contribution in [0.2, 0.25) is 5.15 Å². The van der Waals surface area contributed by atoms with Gasteiger partial charge in [-0.25, -0.2) is 13.8 Å².